The van der Waals surface area contributed by atoms with E-state index in [-0.39, 0.29) is 25.1 Å². The van der Waals surface area contributed by atoms with Crippen LogP contribution in [0, 0.1) is 5.92 Å². The predicted octanol–water partition coefficient (Wildman–Crippen LogP) is 4.59. The zero-order valence-electron chi connectivity index (χ0n) is 29.2. The third-order valence-electron chi connectivity index (χ3n) is 6.56. The number of rotatable bonds is 13. The van der Waals surface area contributed by atoms with Crippen molar-refractivity contribution in [3.63, 3.8) is 0 Å². The van der Waals surface area contributed by atoms with Crippen molar-refractivity contribution in [3.8, 4) is 0 Å². The molecular weight excluding hydrogens is 646 g/mol. The lowest BCUT2D eigenvalue weighted by atomic mass is 9.99. The lowest BCUT2D eigenvalue weighted by molar-refractivity contribution is -0.158. The Kier molecular flexibility index (Phi) is 18.5. The zero-order valence-corrected chi connectivity index (χ0v) is 29.2. The summed E-state index contributed by atoms with van der Waals surface area (Å²) in [5.41, 5.74) is 12.0. The first kappa shape index (κ1) is 42.8. The molecule has 13 heteroatoms. The molecule has 3 atom stereocenters. The van der Waals surface area contributed by atoms with E-state index in [0.717, 1.165) is 21.9 Å². The van der Waals surface area contributed by atoms with E-state index in [4.69, 9.17) is 35.9 Å². The smallest absolute Gasteiger partial charge is 0.408 e. The van der Waals surface area contributed by atoms with E-state index in [1.165, 1.54) is 6.08 Å². The van der Waals surface area contributed by atoms with E-state index in [1.54, 1.807) is 45.0 Å². The second-order valence-corrected chi connectivity index (χ2v) is 12.4. The molecule has 0 aromatic heterocycles. The first-order valence-corrected chi connectivity index (χ1v) is 15.8. The van der Waals surface area contributed by atoms with Crippen LogP contribution in [0.15, 0.2) is 85.5 Å². The number of carboxylic acid groups (broad SMARTS) is 2. The molecule has 0 fully saturated rings. The monoisotopic (exact) mass is 695 g/mol. The molecule has 0 saturated heterocycles. The number of carbonyl (C=O) groups is 5. The van der Waals surface area contributed by atoms with Crippen molar-refractivity contribution in [2.24, 2.45) is 17.4 Å². The highest BCUT2D eigenvalue weighted by molar-refractivity contribution is 5.87. The van der Waals surface area contributed by atoms with E-state index in [1.807, 2.05) is 62.4 Å². The van der Waals surface area contributed by atoms with E-state index in [9.17, 15) is 24.0 Å². The molecule has 3 aromatic rings. The molecular formula is C37H49N3O10. The van der Waals surface area contributed by atoms with Gasteiger partial charge in [0.05, 0.1) is 6.42 Å². The Morgan fingerprint density at radius 3 is 2.02 bits per heavy atom. The third-order valence-corrected chi connectivity index (χ3v) is 6.56. The van der Waals surface area contributed by atoms with Gasteiger partial charge in [-0.05, 0) is 55.0 Å². The minimum absolute atomic E-state index is 0.00541. The largest absolute Gasteiger partial charge is 0.480 e. The number of carboxylic acids is 2. The summed E-state index contributed by atoms with van der Waals surface area (Å²) in [6, 6.07) is 19.9. The van der Waals surface area contributed by atoms with E-state index in [0.29, 0.717) is 6.42 Å². The Hall–Kier alpha value is -5.27. The molecule has 3 aromatic carbocycles. The van der Waals surface area contributed by atoms with E-state index < -0.39 is 54.1 Å². The maximum absolute atomic E-state index is 11.7. The predicted molar refractivity (Wildman–Crippen MR) is 189 cm³/mol. The second kappa shape index (κ2) is 21.6. The highest BCUT2D eigenvalue weighted by Gasteiger charge is 2.27. The average molecular weight is 696 g/mol. The van der Waals surface area contributed by atoms with Crippen LogP contribution in [0.1, 0.15) is 52.2 Å². The molecule has 13 nitrogen and oxygen atoms in total. The number of aliphatic carboxylic acids is 2. The summed E-state index contributed by atoms with van der Waals surface area (Å²) in [5, 5.41) is 22.2. The molecule has 0 radical (unpaired) electrons. The molecule has 0 aliphatic carbocycles. The Morgan fingerprint density at radius 1 is 0.860 bits per heavy atom. The van der Waals surface area contributed by atoms with Gasteiger partial charge in [-0.25, -0.2) is 9.59 Å². The fraction of sp³-hybridized carbons (Fsp3) is 0.378. The SMILES string of the molecule is C=CCOC(=O)[C@@H](N)C(C)C.CC(C)(C)OC(=O)C[C@H](NC(=O)OCc1ccccc1)C(=O)O.N[C@@H](Cc1cccc2ccccc12)C(=O)O. The van der Waals surface area contributed by atoms with Gasteiger partial charge in [0.2, 0.25) is 0 Å². The average Bonchev–Trinajstić information content (AvgIpc) is 3.05. The van der Waals surface area contributed by atoms with Crippen LogP contribution < -0.4 is 16.8 Å². The highest BCUT2D eigenvalue weighted by atomic mass is 16.6. The highest BCUT2D eigenvalue weighted by Crippen LogP contribution is 2.19. The van der Waals surface area contributed by atoms with Crippen molar-refractivity contribution in [1.29, 1.82) is 0 Å². The summed E-state index contributed by atoms with van der Waals surface area (Å²) in [7, 11) is 0. The summed E-state index contributed by atoms with van der Waals surface area (Å²) in [6.07, 6.45) is 0.485. The van der Waals surface area contributed by atoms with Gasteiger partial charge in [0, 0.05) is 0 Å². The molecule has 0 saturated carbocycles. The topological polar surface area (TPSA) is 218 Å². The Labute approximate surface area is 292 Å². The Bertz CT molecular complexity index is 1550. The molecule has 0 aliphatic heterocycles. The molecule has 272 valence electrons. The number of nitrogens with one attached hydrogen (secondary N) is 1. The summed E-state index contributed by atoms with van der Waals surface area (Å²) >= 11 is 0. The van der Waals surface area contributed by atoms with Crippen molar-refractivity contribution >= 4 is 40.7 Å². The number of hydrogen-bond acceptors (Lipinski definition) is 10. The number of carbonyl (C=O) groups excluding carboxylic acids is 3. The molecule has 1 amide bonds. The normalized spacial score (nSPS) is 12.4. The molecule has 50 heavy (non-hydrogen) atoms. The van der Waals surface area contributed by atoms with Gasteiger partial charge in [-0.1, -0.05) is 99.3 Å². The van der Waals surface area contributed by atoms with Gasteiger partial charge in [-0.2, -0.15) is 0 Å². The minimum Gasteiger partial charge on any atom is -0.480 e. The van der Waals surface area contributed by atoms with Crippen LogP contribution in [-0.4, -0.2) is 70.5 Å². The van der Waals surface area contributed by atoms with Crippen molar-refractivity contribution in [1.82, 2.24) is 5.32 Å². The Morgan fingerprint density at radius 2 is 1.46 bits per heavy atom. The van der Waals surface area contributed by atoms with Crippen LogP contribution in [0.3, 0.4) is 0 Å². The number of alkyl carbamates (subject to hydrolysis) is 1. The van der Waals surface area contributed by atoms with E-state index >= 15 is 0 Å². The summed E-state index contributed by atoms with van der Waals surface area (Å²) < 4.78 is 14.7. The standard InChI is InChI=1S/C16H21NO6.C13H13NO2.C8H15NO2/c1-16(2,3)23-13(18)9-12(14(19)20)17-15(21)22-10-11-7-5-4-6-8-11;14-12(13(15)16)8-10-6-3-5-9-4-1-2-7-11(9)10;1-4-5-11-8(10)7(9)6(2)3/h4-8,12H,9-10H2,1-3H3,(H,17,21)(H,19,20);1-7,12H,8,14H2,(H,15,16);4,6-7H,1,5,9H2,2-3H3/t2*12-;7-/m000/s1. The number of amides is 1. The van der Waals surface area contributed by atoms with Crippen LogP contribution in [0.5, 0.6) is 0 Å². The lowest BCUT2D eigenvalue weighted by Crippen LogP contribution is -2.43. The molecule has 0 spiro atoms. The number of hydrogen-bond donors (Lipinski definition) is 5. The quantitative estimate of drug-likeness (QED) is 0.0942. The summed E-state index contributed by atoms with van der Waals surface area (Å²) in [4.78, 5) is 56.1. The number of ether oxygens (including phenoxy) is 3. The van der Waals surface area contributed by atoms with Gasteiger partial charge in [0.25, 0.3) is 0 Å². The zero-order chi connectivity index (χ0) is 37.9. The van der Waals surface area contributed by atoms with Gasteiger partial charge in [-0.3, -0.25) is 14.4 Å². The minimum atomic E-state index is -1.41. The van der Waals surface area contributed by atoms with Gasteiger partial charge < -0.3 is 41.2 Å². The number of esters is 2. The van der Waals surface area contributed by atoms with Crippen LogP contribution in [-0.2, 0) is 46.4 Å². The number of benzene rings is 3. The second-order valence-electron chi connectivity index (χ2n) is 12.4. The van der Waals surface area contributed by atoms with E-state index in [2.05, 4.69) is 11.9 Å². The van der Waals surface area contributed by atoms with Crippen LogP contribution in [0.4, 0.5) is 4.79 Å². The van der Waals surface area contributed by atoms with Crippen molar-refractivity contribution < 1.29 is 48.4 Å². The molecule has 0 heterocycles. The summed E-state index contributed by atoms with van der Waals surface area (Å²) in [5.74, 6) is -3.26. The summed E-state index contributed by atoms with van der Waals surface area (Å²) in [6.45, 7) is 12.4. The first-order valence-electron chi connectivity index (χ1n) is 15.8. The van der Waals surface area contributed by atoms with Crippen molar-refractivity contribution in [2.45, 2.75) is 77.8 Å². The molecule has 0 bridgehead atoms. The van der Waals surface area contributed by atoms with Gasteiger partial charge >= 0.3 is 30.0 Å². The molecule has 7 N–H and O–H groups in total. The Balaban J connectivity index is 0.000000402. The molecule has 0 unspecified atom stereocenters. The fourth-order valence-corrected chi connectivity index (χ4v) is 3.96. The van der Waals surface area contributed by atoms with Gasteiger partial charge in [-0.15, -0.1) is 0 Å². The third kappa shape index (κ3) is 17.2. The van der Waals surface area contributed by atoms with Crippen LogP contribution in [0.25, 0.3) is 10.8 Å². The fourth-order valence-electron chi connectivity index (χ4n) is 3.96. The first-order chi connectivity index (χ1) is 23.4. The molecule has 0 aliphatic rings. The van der Waals surface area contributed by atoms with Crippen molar-refractivity contribution in [3.05, 3.63) is 96.6 Å². The number of fused-ring (bicyclic) bond motifs is 1. The van der Waals surface area contributed by atoms with Crippen LogP contribution in [0.2, 0.25) is 0 Å². The van der Waals surface area contributed by atoms with Gasteiger partial charge in [0.15, 0.2) is 0 Å². The molecule has 3 rings (SSSR count). The lowest BCUT2D eigenvalue weighted by Gasteiger charge is -2.21. The maximum atomic E-state index is 11.7. The maximum Gasteiger partial charge on any atom is 0.408 e. The van der Waals surface area contributed by atoms with Crippen molar-refractivity contribution in [2.75, 3.05) is 6.61 Å². The van der Waals surface area contributed by atoms with Crippen LogP contribution >= 0.6 is 0 Å². The van der Waals surface area contributed by atoms with Gasteiger partial charge in [0.1, 0.15) is 36.9 Å². The number of nitrogens with two attached hydrogens (primary N) is 2.